The molecule has 1 saturated heterocycles. The van der Waals surface area contributed by atoms with Gasteiger partial charge in [-0.1, -0.05) is 65.6 Å². The van der Waals surface area contributed by atoms with E-state index in [1.165, 1.54) is 40.1 Å². The van der Waals surface area contributed by atoms with Crippen LogP contribution in [0.25, 0.3) is 5.76 Å². The van der Waals surface area contributed by atoms with Crippen molar-refractivity contribution in [2.24, 2.45) is 0 Å². The van der Waals surface area contributed by atoms with Crippen LogP contribution in [0.1, 0.15) is 22.7 Å². The summed E-state index contributed by atoms with van der Waals surface area (Å²) < 4.78 is 11.8. The summed E-state index contributed by atoms with van der Waals surface area (Å²) in [5, 5.41) is 30.2. The molecule has 39 heavy (non-hydrogen) atoms. The van der Waals surface area contributed by atoms with Gasteiger partial charge in [-0.3, -0.25) is 14.5 Å². The quantitative estimate of drug-likeness (QED) is 0.111. The first kappa shape index (κ1) is 25.0. The van der Waals surface area contributed by atoms with Gasteiger partial charge in [-0.15, -0.1) is 10.2 Å². The summed E-state index contributed by atoms with van der Waals surface area (Å²) >= 11 is 2.64. The van der Waals surface area contributed by atoms with Crippen molar-refractivity contribution in [2.45, 2.75) is 16.1 Å². The lowest BCUT2D eigenvalue weighted by atomic mass is 9.95. The van der Waals surface area contributed by atoms with Crippen LogP contribution in [-0.4, -0.2) is 45.3 Å². The lowest BCUT2D eigenvalue weighted by Gasteiger charge is -2.23. The predicted octanol–water partition coefficient (Wildman–Crippen LogP) is 4.93. The maximum absolute atomic E-state index is 13.4. The first-order valence-electron chi connectivity index (χ1n) is 12.0. The molecule has 196 valence electrons. The van der Waals surface area contributed by atoms with Gasteiger partial charge in [-0.2, -0.15) is 0 Å². The summed E-state index contributed by atoms with van der Waals surface area (Å²) in [6.45, 7) is 0.765. The number of phenols is 1. The molecule has 0 saturated carbocycles. The number of aliphatic hydroxyl groups excluding tert-OH is 1. The third-order valence-electron chi connectivity index (χ3n) is 6.25. The highest BCUT2D eigenvalue weighted by atomic mass is 32.2. The predicted molar refractivity (Wildman–Crippen MR) is 146 cm³/mol. The monoisotopic (exact) mass is 559 g/mol. The number of aromatic nitrogens is 2. The van der Waals surface area contributed by atoms with E-state index >= 15 is 0 Å². The van der Waals surface area contributed by atoms with Crippen LogP contribution in [0, 0.1) is 0 Å². The third kappa shape index (κ3) is 4.82. The largest absolute Gasteiger partial charge is 0.508 e. The molecular formula is C28H21N3O6S2. The van der Waals surface area contributed by atoms with E-state index in [2.05, 4.69) is 10.2 Å². The van der Waals surface area contributed by atoms with E-state index in [0.29, 0.717) is 45.9 Å². The summed E-state index contributed by atoms with van der Waals surface area (Å²) in [4.78, 5) is 28.0. The van der Waals surface area contributed by atoms with Crippen molar-refractivity contribution < 1.29 is 29.3 Å². The molecule has 0 radical (unpaired) electrons. The number of rotatable bonds is 6. The van der Waals surface area contributed by atoms with Crippen LogP contribution in [0.3, 0.4) is 0 Å². The van der Waals surface area contributed by atoms with Crippen LogP contribution in [0.4, 0.5) is 5.13 Å². The number of benzene rings is 3. The summed E-state index contributed by atoms with van der Waals surface area (Å²) in [6.07, 6.45) is 0. The fraction of sp³-hybridized carbons (Fsp3) is 0.143. The molecule has 1 fully saturated rings. The van der Waals surface area contributed by atoms with E-state index in [1.54, 1.807) is 30.3 Å². The molecule has 0 bridgehead atoms. The zero-order valence-electron chi connectivity index (χ0n) is 20.3. The lowest BCUT2D eigenvalue weighted by Crippen LogP contribution is -2.29. The summed E-state index contributed by atoms with van der Waals surface area (Å²) in [5.74, 6) is -0.524. The molecule has 1 atom stereocenters. The minimum Gasteiger partial charge on any atom is -0.508 e. The molecule has 6 rings (SSSR count). The Kier molecular flexibility index (Phi) is 6.67. The van der Waals surface area contributed by atoms with Gasteiger partial charge in [-0.05, 0) is 41.5 Å². The van der Waals surface area contributed by atoms with Crippen molar-refractivity contribution in [3.05, 3.63) is 95.1 Å². The molecule has 0 spiro atoms. The fourth-order valence-corrected chi connectivity index (χ4v) is 6.29. The van der Waals surface area contributed by atoms with Gasteiger partial charge >= 0.3 is 5.91 Å². The van der Waals surface area contributed by atoms with Gasteiger partial charge in [-0.25, -0.2) is 0 Å². The number of hydrogen-bond acceptors (Lipinski definition) is 10. The molecule has 11 heteroatoms. The Balaban J connectivity index is 1.40. The van der Waals surface area contributed by atoms with Gasteiger partial charge in [0, 0.05) is 11.3 Å². The molecule has 2 N–H and O–H groups in total. The van der Waals surface area contributed by atoms with Crippen LogP contribution >= 0.6 is 23.1 Å². The standard InChI is InChI=1S/C28H21N3O6S2/c32-19-8-4-7-17(13-19)23-22(24(33)18-9-10-20-21(14-18)37-12-11-36-20)25(34)26(35)31(23)27-29-30-28(39-27)38-15-16-5-2-1-3-6-16/h1-10,13-14,23,32-33H,11-12,15H2/b24-22+. The second kappa shape index (κ2) is 10.4. The number of ether oxygens (including phenoxy) is 2. The molecule has 4 aromatic rings. The number of ketones is 1. The van der Waals surface area contributed by atoms with Gasteiger partial charge < -0.3 is 19.7 Å². The fourth-order valence-electron chi connectivity index (χ4n) is 4.46. The second-order valence-corrected chi connectivity index (χ2v) is 10.9. The van der Waals surface area contributed by atoms with Crippen LogP contribution < -0.4 is 14.4 Å². The molecule has 3 aromatic carbocycles. The highest BCUT2D eigenvalue weighted by molar-refractivity contribution is 8.00. The van der Waals surface area contributed by atoms with Gasteiger partial charge in [0.2, 0.25) is 5.13 Å². The number of fused-ring (bicyclic) bond motifs is 1. The molecule has 0 aliphatic carbocycles. The van der Waals surface area contributed by atoms with Crippen molar-refractivity contribution in [1.29, 1.82) is 0 Å². The minimum absolute atomic E-state index is 0.0474. The number of aliphatic hydroxyl groups is 1. The van der Waals surface area contributed by atoms with E-state index in [-0.39, 0.29) is 22.2 Å². The van der Waals surface area contributed by atoms with E-state index in [9.17, 15) is 19.8 Å². The van der Waals surface area contributed by atoms with Gasteiger partial charge in [0.25, 0.3) is 5.78 Å². The van der Waals surface area contributed by atoms with Gasteiger partial charge in [0.15, 0.2) is 15.8 Å². The smallest absolute Gasteiger partial charge is 0.301 e. The zero-order valence-corrected chi connectivity index (χ0v) is 21.9. The van der Waals surface area contributed by atoms with Crippen LogP contribution in [0.15, 0.2) is 82.7 Å². The molecule has 2 aliphatic rings. The maximum atomic E-state index is 13.4. The molecule has 1 amide bonds. The van der Waals surface area contributed by atoms with E-state index < -0.39 is 17.7 Å². The number of phenolic OH excluding ortho intramolecular Hbond substituents is 1. The minimum atomic E-state index is -1.04. The molecule has 1 unspecified atom stereocenters. The average molecular weight is 560 g/mol. The summed E-state index contributed by atoms with van der Waals surface area (Å²) in [6, 6.07) is 19.9. The van der Waals surface area contributed by atoms with Crippen molar-refractivity contribution in [3.8, 4) is 17.2 Å². The van der Waals surface area contributed by atoms with Gasteiger partial charge in [0.05, 0.1) is 11.6 Å². The van der Waals surface area contributed by atoms with Crippen molar-refractivity contribution in [1.82, 2.24) is 10.2 Å². The van der Waals surface area contributed by atoms with Crippen LogP contribution in [0.5, 0.6) is 17.2 Å². The number of nitrogens with zero attached hydrogens (tertiary/aromatic N) is 3. The van der Waals surface area contributed by atoms with Gasteiger partial charge in [0.1, 0.15) is 24.7 Å². The van der Waals surface area contributed by atoms with Crippen molar-refractivity contribution in [2.75, 3.05) is 18.1 Å². The van der Waals surface area contributed by atoms with E-state index in [4.69, 9.17) is 9.47 Å². The number of anilines is 1. The highest BCUT2D eigenvalue weighted by Gasteiger charge is 2.48. The first-order chi connectivity index (χ1) is 19.0. The first-order valence-corrected chi connectivity index (χ1v) is 13.8. The SMILES string of the molecule is O=C1C(=O)N(c2nnc(SCc3ccccc3)s2)C(c2cccc(O)c2)/C1=C(\O)c1ccc2c(c1)OCCO2. The molecular weight excluding hydrogens is 538 g/mol. The number of aromatic hydroxyl groups is 1. The lowest BCUT2D eigenvalue weighted by molar-refractivity contribution is -0.132. The molecule has 2 aliphatic heterocycles. The Morgan fingerprint density at radius 3 is 2.56 bits per heavy atom. The Labute approximate surface area is 231 Å². The van der Waals surface area contributed by atoms with E-state index in [0.717, 1.165) is 5.56 Å². The maximum Gasteiger partial charge on any atom is 0.301 e. The number of carbonyl (C=O) groups excluding carboxylic acids is 2. The second-order valence-electron chi connectivity index (χ2n) is 8.75. The molecule has 9 nitrogen and oxygen atoms in total. The van der Waals surface area contributed by atoms with Crippen LogP contribution in [-0.2, 0) is 15.3 Å². The summed E-state index contributed by atoms with van der Waals surface area (Å²) in [5.41, 5.74) is 1.70. The van der Waals surface area contributed by atoms with E-state index in [1.807, 2.05) is 30.3 Å². The number of hydrogen-bond donors (Lipinski definition) is 2. The third-order valence-corrected chi connectivity index (χ3v) is 8.38. The zero-order chi connectivity index (χ0) is 26.9. The van der Waals surface area contributed by atoms with Crippen molar-refractivity contribution in [3.63, 3.8) is 0 Å². The van der Waals surface area contributed by atoms with Crippen LogP contribution in [0.2, 0.25) is 0 Å². The average Bonchev–Trinajstić information content (AvgIpc) is 3.53. The highest BCUT2D eigenvalue weighted by Crippen LogP contribution is 2.45. The number of carbonyl (C=O) groups is 2. The Morgan fingerprint density at radius 1 is 0.974 bits per heavy atom. The summed E-state index contributed by atoms with van der Waals surface area (Å²) in [7, 11) is 0. The molecule has 3 heterocycles. The number of amides is 1. The Bertz CT molecular complexity index is 1600. The van der Waals surface area contributed by atoms with Crippen molar-refractivity contribution >= 4 is 45.7 Å². The topological polar surface area (TPSA) is 122 Å². The Hall–Kier alpha value is -4.35. The molecule has 1 aromatic heterocycles. The number of thioether (sulfide) groups is 1. The Morgan fingerprint density at radius 2 is 1.77 bits per heavy atom. The normalized spacial score (nSPS) is 17.9. The number of Topliss-reactive ketones (excluding diaryl/α,β-unsaturated/α-hetero) is 1.